The van der Waals surface area contributed by atoms with Crippen LogP contribution in [0.15, 0.2) is 10.6 Å². The second-order valence-electron chi connectivity index (χ2n) is 7.04. The van der Waals surface area contributed by atoms with E-state index in [1.807, 2.05) is 19.9 Å². The third-order valence-corrected chi connectivity index (χ3v) is 4.62. The number of hydrogen-bond acceptors (Lipinski definition) is 4. The van der Waals surface area contributed by atoms with Crippen molar-refractivity contribution in [1.82, 2.24) is 15.8 Å². The first-order chi connectivity index (χ1) is 10.3. The lowest BCUT2D eigenvalue weighted by Crippen LogP contribution is -2.60. The largest absolute Gasteiger partial charge is 0.396 e. The number of carbonyl (C=O) groups excluding carboxylic acids is 1. The molecule has 0 radical (unpaired) electrons. The van der Waals surface area contributed by atoms with E-state index in [4.69, 9.17) is 9.63 Å². The fourth-order valence-electron chi connectivity index (χ4n) is 3.00. The van der Waals surface area contributed by atoms with Gasteiger partial charge in [-0.2, -0.15) is 0 Å². The minimum atomic E-state index is -0.0989. The van der Waals surface area contributed by atoms with Gasteiger partial charge in [0.2, 0.25) is 0 Å². The molecule has 1 aliphatic rings. The molecule has 6 heteroatoms. The molecule has 0 aliphatic heterocycles. The van der Waals surface area contributed by atoms with Crippen molar-refractivity contribution in [2.45, 2.75) is 59.0 Å². The fraction of sp³-hybridized carbons (Fsp3) is 0.750. The molecule has 0 aromatic carbocycles. The molecular weight excluding hydrogens is 282 g/mol. The van der Waals surface area contributed by atoms with Gasteiger partial charge < -0.3 is 20.3 Å². The fourth-order valence-corrected chi connectivity index (χ4v) is 3.00. The molecule has 6 nitrogen and oxygen atoms in total. The summed E-state index contributed by atoms with van der Waals surface area (Å²) in [4.78, 5) is 11.8. The highest BCUT2D eigenvalue weighted by molar-refractivity contribution is 5.74. The van der Waals surface area contributed by atoms with Crippen LogP contribution in [-0.4, -0.2) is 35.0 Å². The number of urea groups is 1. The number of rotatable bonds is 6. The summed E-state index contributed by atoms with van der Waals surface area (Å²) in [5, 5.41) is 18.9. The molecule has 0 saturated heterocycles. The SMILES string of the molecule is CC(C)NC(=O)NC1CC(Cc2cc(CCO)on2)C1(C)C. The standard InChI is InChI=1S/C16H27N3O3/c1-10(2)17-15(21)18-14-8-11(16(14,3)4)7-12-9-13(5-6-20)22-19-12/h9-11,14,20H,5-8H2,1-4H3,(H2,17,18,21). The Balaban J connectivity index is 1.86. The van der Waals surface area contributed by atoms with Crippen LogP contribution in [0.3, 0.4) is 0 Å². The van der Waals surface area contributed by atoms with E-state index >= 15 is 0 Å². The van der Waals surface area contributed by atoms with Crippen molar-refractivity contribution in [3.8, 4) is 0 Å². The normalized spacial score (nSPS) is 23.2. The highest BCUT2D eigenvalue weighted by Crippen LogP contribution is 2.47. The number of hydrogen-bond donors (Lipinski definition) is 3. The summed E-state index contributed by atoms with van der Waals surface area (Å²) < 4.78 is 5.19. The van der Waals surface area contributed by atoms with E-state index in [9.17, 15) is 4.79 Å². The maximum absolute atomic E-state index is 11.8. The van der Waals surface area contributed by atoms with Crippen molar-refractivity contribution in [2.75, 3.05) is 6.61 Å². The molecule has 1 aliphatic carbocycles. The average molecular weight is 309 g/mol. The van der Waals surface area contributed by atoms with Crippen molar-refractivity contribution in [3.63, 3.8) is 0 Å². The van der Waals surface area contributed by atoms with Gasteiger partial charge in [-0.1, -0.05) is 19.0 Å². The summed E-state index contributed by atoms with van der Waals surface area (Å²) in [6, 6.07) is 2.13. The van der Waals surface area contributed by atoms with E-state index in [2.05, 4.69) is 29.6 Å². The van der Waals surface area contributed by atoms with Gasteiger partial charge in [0.25, 0.3) is 0 Å². The van der Waals surface area contributed by atoms with Gasteiger partial charge in [-0.15, -0.1) is 0 Å². The van der Waals surface area contributed by atoms with Crippen LogP contribution in [0.2, 0.25) is 0 Å². The van der Waals surface area contributed by atoms with Crippen molar-refractivity contribution >= 4 is 6.03 Å². The van der Waals surface area contributed by atoms with Crippen LogP contribution in [0.4, 0.5) is 4.79 Å². The van der Waals surface area contributed by atoms with Gasteiger partial charge in [0.15, 0.2) is 0 Å². The third kappa shape index (κ3) is 3.80. The summed E-state index contributed by atoms with van der Waals surface area (Å²) in [6.45, 7) is 8.32. The molecule has 2 rings (SSSR count). The molecule has 2 atom stereocenters. The molecule has 0 spiro atoms. The van der Waals surface area contributed by atoms with Gasteiger partial charge in [-0.25, -0.2) is 4.79 Å². The molecule has 2 amide bonds. The minimum Gasteiger partial charge on any atom is -0.396 e. The van der Waals surface area contributed by atoms with Crippen LogP contribution in [0.1, 0.15) is 45.6 Å². The van der Waals surface area contributed by atoms with Gasteiger partial charge in [0.1, 0.15) is 5.76 Å². The van der Waals surface area contributed by atoms with Crippen LogP contribution in [-0.2, 0) is 12.8 Å². The van der Waals surface area contributed by atoms with Crippen LogP contribution >= 0.6 is 0 Å². The first kappa shape index (κ1) is 16.8. The topological polar surface area (TPSA) is 87.4 Å². The Kier molecular flexibility index (Phi) is 5.11. The van der Waals surface area contributed by atoms with E-state index in [1.165, 1.54) is 0 Å². The van der Waals surface area contributed by atoms with Crippen LogP contribution in [0.25, 0.3) is 0 Å². The number of nitrogens with one attached hydrogen (secondary N) is 2. The van der Waals surface area contributed by atoms with Gasteiger partial charge in [-0.3, -0.25) is 0 Å². The lowest BCUT2D eigenvalue weighted by atomic mass is 9.57. The number of aliphatic hydroxyl groups is 1. The number of carbonyl (C=O) groups is 1. The zero-order valence-electron chi connectivity index (χ0n) is 13.8. The Morgan fingerprint density at radius 3 is 2.86 bits per heavy atom. The Bertz CT molecular complexity index is 510. The summed E-state index contributed by atoms with van der Waals surface area (Å²) >= 11 is 0. The van der Waals surface area contributed by atoms with E-state index in [1.54, 1.807) is 0 Å². The number of nitrogens with zero attached hydrogens (tertiary/aromatic N) is 1. The second-order valence-corrected chi connectivity index (χ2v) is 7.04. The minimum absolute atomic E-state index is 0.0322. The van der Waals surface area contributed by atoms with E-state index in [0.29, 0.717) is 12.3 Å². The van der Waals surface area contributed by atoms with Gasteiger partial charge in [0.05, 0.1) is 12.3 Å². The molecule has 2 unspecified atom stereocenters. The van der Waals surface area contributed by atoms with E-state index < -0.39 is 0 Å². The summed E-state index contributed by atoms with van der Waals surface area (Å²) in [6.07, 6.45) is 2.28. The number of aliphatic hydroxyl groups excluding tert-OH is 1. The quantitative estimate of drug-likeness (QED) is 0.748. The molecule has 1 fully saturated rings. The maximum Gasteiger partial charge on any atom is 0.315 e. The smallest absolute Gasteiger partial charge is 0.315 e. The van der Waals surface area contributed by atoms with Crippen LogP contribution in [0, 0.1) is 11.3 Å². The van der Waals surface area contributed by atoms with Gasteiger partial charge in [-0.05, 0) is 38.0 Å². The molecule has 22 heavy (non-hydrogen) atoms. The van der Waals surface area contributed by atoms with Crippen molar-refractivity contribution in [2.24, 2.45) is 11.3 Å². The molecule has 3 N–H and O–H groups in total. The Morgan fingerprint density at radius 1 is 1.55 bits per heavy atom. The zero-order valence-corrected chi connectivity index (χ0v) is 13.8. The molecule has 1 saturated carbocycles. The number of aromatic nitrogens is 1. The molecule has 1 aromatic rings. The number of amides is 2. The third-order valence-electron chi connectivity index (χ3n) is 4.62. The monoisotopic (exact) mass is 309 g/mol. The first-order valence-corrected chi connectivity index (χ1v) is 7.95. The Hall–Kier alpha value is -1.56. The van der Waals surface area contributed by atoms with Crippen LogP contribution in [0.5, 0.6) is 0 Å². The van der Waals surface area contributed by atoms with E-state index in [-0.39, 0.29) is 30.1 Å². The molecule has 0 bridgehead atoms. The highest BCUT2D eigenvalue weighted by Gasteiger charge is 2.48. The van der Waals surface area contributed by atoms with Crippen molar-refractivity contribution < 1.29 is 14.4 Å². The second kappa shape index (κ2) is 6.69. The highest BCUT2D eigenvalue weighted by atomic mass is 16.5. The van der Waals surface area contributed by atoms with Crippen LogP contribution < -0.4 is 10.6 Å². The molecule has 1 aromatic heterocycles. The van der Waals surface area contributed by atoms with Crippen molar-refractivity contribution in [1.29, 1.82) is 0 Å². The Morgan fingerprint density at radius 2 is 2.27 bits per heavy atom. The van der Waals surface area contributed by atoms with Gasteiger partial charge in [0, 0.05) is 24.6 Å². The average Bonchev–Trinajstić information content (AvgIpc) is 2.84. The maximum atomic E-state index is 11.8. The molecule has 124 valence electrons. The summed E-state index contributed by atoms with van der Waals surface area (Å²) in [7, 11) is 0. The van der Waals surface area contributed by atoms with Crippen molar-refractivity contribution in [3.05, 3.63) is 17.5 Å². The van der Waals surface area contributed by atoms with E-state index in [0.717, 1.165) is 24.3 Å². The lowest BCUT2D eigenvalue weighted by Gasteiger charge is -2.52. The molecule has 1 heterocycles. The summed E-state index contributed by atoms with van der Waals surface area (Å²) in [5.41, 5.74) is 0.955. The first-order valence-electron chi connectivity index (χ1n) is 7.95. The zero-order chi connectivity index (χ0) is 16.3. The van der Waals surface area contributed by atoms with Gasteiger partial charge >= 0.3 is 6.03 Å². The lowest BCUT2D eigenvalue weighted by molar-refractivity contribution is 0.0199. The summed E-state index contributed by atoms with van der Waals surface area (Å²) in [5.74, 6) is 1.18. The Labute approximate surface area is 131 Å². The molecular formula is C16H27N3O3. The predicted molar refractivity (Wildman–Crippen MR) is 83.5 cm³/mol. The predicted octanol–water partition coefficient (Wildman–Crippen LogP) is 1.87.